The van der Waals surface area contributed by atoms with E-state index in [0.29, 0.717) is 41.9 Å². The van der Waals surface area contributed by atoms with Gasteiger partial charge in [-0.1, -0.05) is 106 Å². The van der Waals surface area contributed by atoms with Crippen LogP contribution in [0.15, 0.2) is 83.9 Å². The van der Waals surface area contributed by atoms with E-state index in [1.165, 1.54) is 0 Å². The Morgan fingerprint density at radius 3 is 2.21 bits per heavy atom. The highest BCUT2D eigenvalue weighted by atomic mass is 35.5. The lowest BCUT2D eigenvalue weighted by Gasteiger charge is -2.36. The summed E-state index contributed by atoms with van der Waals surface area (Å²) < 4.78 is 7.65. The second kappa shape index (κ2) is 24.5. The lowest BCUT2D eigenvalue weighted by molar-refractivity contribution is -0.132. The van der Waals surface area contributed by atoms with Gasteiger partial charge in [0, 0.05) is 72.6 Å². The molecule has 8 rings (SSSR count). The van der Waals surface area contributed by atoms with E-state index in [9.17, 15) is 28.8 Å². The van der Waals surface area contributed by atoms with Crippen molar-refractivity contribution in [2.75, 3.05) is 45.9 Å². The van der Waals surface area contributed by atoms with Crippen molar-refractivity contribution in [2.45, 2.75) is 104 Å². The third-order valence-corrected chi connectivity index (χ3v) is 15.6. The molecular formula is C56H68ClN11O7S. The number of ether oxygens (including phenoxy) is 1. The van der Waals surface area contributed by atoms with Crippen molar-refractivity contribution in [3.63, 3.8) is 0 Å². The van der Waals surface area contributed by atoms with Crippen molar-refractivity contribution in [3.8, 4) is 16.1 Å². The van der Waals surface area contributed by atoms with E-state index < -0.39 is 53.2 Å². The average Bonchev–Trinajstić information content (AvgIpc) is 4.03. The molecule has 0 bridgehead atoms. The molecule has 0 unspecified atom stereocenters. The highest BCUT2D eigenvalue weighted by Gasteiger charge is 2.40. The van der Waals surface area contributed by atoms with Crippen LogP contribution in [0.1, 0.15) is 91.8 Å². The third kappa shape index (κ3) is 13.6. The highest BCUT2D eigenvalue weighted by Crippen LogP contribution is 2.40. The van der Waals surface area contributed by atoms with E-state index >= 15 is 0 Å². The fraction of sp³-hybridized carbons (Fsp3) is 0.446. The fourth-order valence-corrected chi connectivity index (χ4v) is 11.2. The Hall–Kier alpha value is -6.80. The van der Waals surface area contributed by atoms with Gasteiger partial charge in [0.05, 0.1) is 24.8 Å². The molecule has 0 spiro atoms. The Balaban J connectivity index is 0.999. The number of aromatic nitrogens is 3. The Labute approximate surface area is 452 Å². The zero-order chi connectivity index (χ0) is 54.3. The molecular weight excluding hydrogens is 1010 g/mol. The summed E-state index contributed by atoms with van der Waals surface area (Å²) >= 11 is 7.89. The van der Waals surface area contributed by atoms with Gasteiger partial charge in [0.15, 0.2) is 5.82 Å². The van der Waals surface area contributed by atoms with Gasteiger partial charge in [0.25, 0.3) is 0 Å². The number of hydrogen-bond donors (Lipinski definition) is 6. The number of nitrogens with one attached hydrogen (secondary N) is 6. The number of rotatable bonds is 8. The van der Waals surface area contributed by atoms with Gasteiger partial charge in [0.1, 0.15) is 35.6 Å². The van der Waals surface area contributed by atoms with Gasteiger partial charge in [0.2, 0.25) is 35.4 Å². The van der Waals surface area contributed by atoms with Crippen LogP contribution in [0.25, 0.3) is 16.1 Å². The summed E-state index contributed by atoms with van der Waals surface area (Å²) in [6.45, 7) is 14.3. The third-order valence-electron chi connectivity index (χ3n) is 14.2. The van der Waals surface area contributed by atoms with Crippen molar-refractivity contribution < 1.29 is 33.5 Å². The first-order valence-corrected chi connectivity index (χ1v) is 27.1. The Bertz CT molecular complexity index is 2950. The molecule has 5 aromatic rings. The number of thiophene rings is 1. The smallest absolute Gasteiger partial charge is 0.246 e. The first-order valence-electron chi connectivity index (χ1n) is 25.9. The summed E-state index contributed by atoms with van der Waals surface area (Å²) in [5.41, 5.74) is 5.88. The Morgan fingerprint density at radius 1 is 0.803 bits per heavy atom. The van der Waals surface area contributed by atoms with Crippen molar-refractivity contribution in [1.82, 2.24) is 51.6 Å². The molecule has 18 nitrogen and oxygen atoms in total. The number of halogens is 1. The highest BCUT2D eigenvalue weighted by molar-refractivity contribution is 7.15. The molecule has 402 valence electrons. The summed E-state index contributed by atoms with van der Waals surface area (Å²) in [5.74, 6) is -1.54. The zero-order valence-electron chi connectivity index (χ0n) is 44.1. The van der Waals surface area contributed by atoms with Crippen LogP contribution in [-0.2, 0) is 39.9 Å². The molecule has 6 amide bonds. The number of carbonyl (C=O) groups is 6. The van der Waals surface area contributed by atoms with Gasteiger partial charge < -0.3 is 36.6 Å². The van der Waals surface area contributed by atoms with Crippen molar-refractivity contribution in [2.24, 2.45) is 16.3 Å². The first-order chi connectivity index (χ1) is 36.3. The second-order valence-electron chi connectivity index (χ2n) is 21.0. The van der Waals surface area contributed by atoms with E-state index in [2.05, 4.69) is 53.9 Å². The number of amides is 6. The van der Waals surface area contributed by atoms with Gasteiger partial charge in [-0.25, -0.2) is 0 Å². The van der Waals surface area contributed by atoms with Crippen LogP contribution in [0, 0.1) is 32.1 Å². The number of fused-ring (bicyclic) bond motifs is 4. The second-order valence-corrected chi connectivity index (χ2v) is 22.7. The first kappa shape index (κ1) is 55.4. The van der Waals surface area contributed by atoms with Crippen LogP contribution in [0.5, 0.6) is 0 Å². The van der Waals surface area contributed by atoms with Crippen LogP contribution in [0.3, 0.4) is 0 Å². The van der Waals surface area contributed by atoms with Crippen molar-refractivity contribution in [1.29, 1.82) is 0 Å². The molecule has 6 N–H and O–H groups in total. The molecule has 76 heavy (non-hydrogen) atoms. The minimum absolute atomic E-state index is 0.00763. The minimum Gasteiger partial charge on any atom is -0.370 e. The fourth-order valence-electron chi connectivity index (χ4n) is 9.82. The van der Waals surface area contributed by atoms with Gasteiger partial charge in [-0.3, -0.25) is 43.2 Å². The van der Waals surface area contributed by atoms with Crippen LogP contribution < -0.4 is 31.9 Å². The van der Waals surface area contributed by atoms with Gasteiger partial charge in [-0.05, 0) is 72.9 Å². The van der Waals surface area contributed by atoms with E-state index in [1.54, 1.807) is 23.5 Å². The summed E-state index contributed by atoms with van der Waals surface area (Å²) in [4.78, 5) is 91.8. The molecule has 3 aromatic carbocycles. The molecule has 20 heteroatoms. The predicted octanol–water partition coefficient (Wildman–Crippen LogP) is 5.08. The quantitative estimate of drug-likeness (QED) is 0.121. The van der Waals surface area contributed by atoms with Crippen molar-refractivity contribution in [3.05, 3.63) is 123 Å². The summed E-state index contributed by atoms with van der Waals surface area (Å²) in [5, 5.41) is 27.7. The molecule has 3 aliphatic rings. The van der Waals surface area contributed by atoms with E-state index in [-0.39, 0.29) is 75.9 Å². The molecule has 0 radical (unpaired) electrons. The maximum Gasteiger partial charge on any atom is 0.246 e. The number of nitrogens with zero attached hydrogens (tertiary/aromatic N) is 5. The van der Waals surface area contributed by atoms with Crippen LogP contribution in [-0.4, -0.2) is 131 Å². The van der Waals surface area contributed by atoms with Gasteiger partial charge in [-0.2, -0.15) is 0 Å². The average molecular weight is 1070 g/mol. The molecule has 6 atom stereocenters. The molecule has 0 aliphatic carbocycles. The number of benzene rings is 3. The lowest BCUT2D eigenvalue weighted by Crippen LogP contribution is -2.57. The lowest BCUT2D eigenvalue weighted by atomic mass is 9.86. The van der Waals surface area contributed by atoms with E-state index in [0.717, 1.165) is 43.3 Å². The maximum atomic E-state index is 14.4. The molecule has 2 aromatic heterocycles. The number of aryl methyl sites for hydroxylation is 2. The SMILES string of the molecule is Cc1sc2c(c1C)C(c1ccc(Cl)cc1)=N[C@@H](CC(=O)NC[C@H]1NC(=O)CCNC(=O)[C@@H](Cc3ccc(-c4ccccc4)cc3)NC(=O)[C@@H]3C[C@@H](C)CN3C[C@H](C(C)(C)C)NC(=O)COCCNC1=O)c1nnc(C)n1-2. The largest absolute Gasteiger partial charge is 0.370 e. The number of carbonyl (C=O) groups excluding carboxylic acids is 6. The summed E-state index contributed by atoms with van der Waals surface area (Å²) in [6, 6.07) is 21.1. The summed E-state index contributed by atoms with van der Waals surface area (Å²) in [6.07, 6.45) is 0.337. The molecule has 2 saturated heterocycles. The minimum atomic E-state index is -1.26. The van der Waals surface area contributed by atoms with Crippen LogP contribution in [0.4, 0.5) is 0 Å². The van der Waals surface area contributed by atoms with E-state index in [4.69, 9.17) is 21.3 Å². The topological polar surface area (TPSA) is 230 Å². The maximum absolute atomic E-state index is 14.4. The Morgan fingerprint density at radius 2 is 1.49 bits per heavy atom. The molecule has 0 saturated carbocycles. The van der Waals surface area contributed by atoms with Crippen LogP contribution in [0.2, 0.25) is 5.02 Å². The molecule has 2 fully saturated rings. The predicted molar refractivity (Wildman–Crippen MR) is 292 cm³/mol. The standard InChI is InChI=1S/C56H68ClN11O7S/c1-32-25-44-54(74)63-42(26-36-13-15-38(16-14-36)37-11-9-8-10-12-37)52(72)58-22-21-46(69)61-43(53(73)59-23-24-75-31-48(71)64-45(56(5,6)7)30-67(44)29-32)28-60-47(70)27-41-51-66-65-35(4)68(51)55-49(33(2)34(3)76-55)50(62-41)39-17-19-40(57)20-18-39/h8-20,32,41-45H,21-31H2,1-7H3,(H,58,72)(H,59,73)(H,60,70)(H,61,69)(H,63,74)(H,64,71)/t32-,41+,42-,43-,44+,45-/m1/s1. The molecule has 3 aliphatic heterocycles. The van der Waals surface area contributed by atoms with Gasteiger partial charge in [-0.15, -0.1) is 21.5 Å². The zero-order valence-corrected chi connectivity index (χ0v) is 45.7. The van der Waals surface area contributed by atoms with E-state index in [1.807, 2.05) is 113 Å². The van der Waals surface area contributed by atoms with Crippen molar-refractivity contribution >= 4 is 64.1 Å². The molecule has 5 heterocycles. The monoisotopic (exact) mass is 1070 g/mol. The van der Waals surface area contributed by atoms with Crippen LogP contribution >= 0.6 is 22.9 Å². The Kier molecular flexibility index (Phi) is 17.8. The van der Waals surface area contributed by atoms with Gasteiger partial charge >= 0.3 is 0 Å². The summed E-state index contributed by atoms with van der Waals surface area (Å²) in [7, 11) is 0. The number of hydrogen-bond acceptors (Lipinski definition) is 12. The normalized spacial score (nSPS) is 22.6. The number of aliphatic imine (C=N–C) groups is 1.